The summed E-state index contributed by atoms with van der Waals surface area (Å²) in [6.45, 7) is 2.67. The Labute approximate surface area is 139 Å². The van der Waals surface area contributed by atoms with Gasteiger partial charge in [-0.25, -0.2) is 0 Å². The third-order valence-corrected chi connectivity index (χ3v) is 4.73. The zero-order chi connectivity index (χ0) is 17.4. The lowest BCUT2D eigenvalue weighted by molar-refractivity contribution is -0.138. The van der Waals surface area contributed by atoms with Gasteiger partial charge in [-0.3, -0.25) is 4.79 Å². The van der Waals surface area contributed by atoms with E-state index in [1.54, 1.807) is 0 Å². The molecule has 7 heteroatoms. The molecule has 2 fully saturated rings. The van der Waals surface area contributed by atoms with Crippen molar-refractivity contribution in [1.82, 2.24) is 9.80 Å². The number of likely N-dealkylation sites (N-methyl/N-ethyl adjacent to an activating group) is 1. The van der Waals surface area contributed by atoms with Gasteiger partial charge in [0.15, 0.2) is 0 Å². The summed E-state index contributed by atoms with van der Waals surface area (Å²) in [5.74, 6) is -0.571. The number of amides is 1. The van der Waals surface area contributed by atoms with Crippen molar-refractivity contribution < 1.29 is 22.7 Å². The van der Waals surface area contributed by atoms with Gasteiger partial charge in [0.2, 0.25) is 0 Å². The maximum absolute atomic E-state index is 13.2. The van der Waals surface area contributed by atoms with Crippen LogP contribution in [0, 0.1) is 0 Å². The molecular weight excluding hydrogens is 321 g/mol. The Bertz CT molecular complexity index is 616. The number of halogens is 3. The van der Waals surface area contributed by atoms with Gasteiger partial charge in [-0.05, 0) is 38.6 Å². The molecule has 0 unspecified atom stereocenters. The maximum Gasteiger partial charge on any atom is 0.417 e. The lowest BCUT2D eigenvalue weighted by Crippen LogP contribution is -2.60. The van der Waals surface area contributed by atoms with Gasteiger partial charge in [-0.2, -0.15) is 13.2 Å². The Hall–Kier alpha value is -1.60. The lowest BCUT2D eigenvalue weighted by atomic mass is 9.90. The number of nitrogens with zero attached hydrogens (tertiary/aromatic N) is 2. The fourth-order valence-electron chi connectivity index (χ4n) is 3.67. The van der Waals surface area contributed by atoms with E-state index in [2.05, 4.69) is 4.90 Å². The summed E-state index contributed by atoms with van der Waals surface area (Å²) in [6, 6.07) is 4.97. The van der Waals surface area contributed by atoms with Crippen LogP contribution in [0.4, 0.5) is 13.2 Å². The van der Waals surface area contributed by atoms with Crippen LogP contribution in [0.5, 0.6) is 0 Å². The number of benzene rings is 1. The number of hydrogen-bond donors (Lipinski definition) is 0. The Morgan fingerprint density at radius 3 is 2.67 bits per heavy atom. The first-order valence-corrected chi connectivity index (χ1v) is 8.09. The average molecular weight is 342 g/mol. The zero-order valence-electron chi connectivity index (χ0n) is 13.6. The van der Waals surface area contributed by atoms with Gasteiger partial charge >= 0.3 is 6.18 Å². The molecule has 0 aliphatic carbocycles. The Morgan fingerprint density at radius 1 is 1.21 bits per heavy atom. The van der Waals surface area contributed by atoms with Gasteiger partial charge in [0.1, 0.15) is 0 Å². The van der Waals surface area contributed by atoms with Gasteiger partial charge in [0, 0.05) is 13.1 Å². The van der Waals surface area contributed by atoms with Gasteiger partial charge in [-0.1, -0.05) is 12.1 Å². The molecule has 1 aromatic carbocycles. The van der Waals surface area contributed by atoms with Crippen molar-refractivity contribution in [3.05, 3.63) is 35.4 Å². The molecule has 24 heavy (non-hydrogen) atoms. The molecule has 132 valence electrons. The van der Waals surface area contributed by atoms with Crippen LogP contribution < -0.4 is 0 Å². The summed E-state index contributed by atoms with van der Waals surface area (Å²) in [5, 5.41) is 0. The Kier molecular flexibility index (Phi) is 4.57. The monoisotopic (exact) mass is 342 g/mol. The van der Waals surface area contributed by atoms with Gasteiger partial charge in [0.05, 0.1) is 29.9 Å². The number of alkyl halides is 3. The van der Waals surface area contributed by atoms with Crippen molar-refractivity contribution in [2.24, 2.45) is 0 Å². The topological polar surface area (TPSA) is 32.8 Å². The van der Waals surface area contributed by atoms with Crippen molar-refractivity contribution in [3.63, 3.8) is 0 Å². The number of ether oxygens (including phenoxy) is 1. The number of rotatable bonds is 1. The zero-order valence-corrected chi connectivity index (χ0v) is 13.6. The molecule has 0 bridgehead atoms. The molecule has 0 aromatic heterocycles. The minimum absolute atomic E-state index is 0.286. The molecule has 2 aliphatic rings. The van der Waals surface area contributed by atoms with E-state index in [1.165, 1.54) is 23.1 Å². The molecule has 0 N–H and O–H groups in total. The third-order valence-electron chi connectivity index (χ3n) is 4.73. The molecule has 2 saturated heterocycles. The minimum atomic E-state index is -4.54. The highest BCUT2D eigenvalue weighted by Crippen LogP contribution is 2.34. The Morgan fingerprint density at radius 2 is 1.96 bits per heavy atom. The number of morpholine rings is 1. The SMILES string of the molecule is CN1CCC[C@@]2(C1)CN(C(=O)c1ccccc1C(F)(F)F)CCO2. The molecule has 1 amide bonds. The smallest absolute Gasteiger partial charge is 0.370 e. The van der Waals surface area contributed by atoms with E-state index < -0.39 is 23.2 Å². The highest BCUT2D eigenvalue weighted by Gasteiger charge is 2.42. The summed E-state index contributed by atoms with van der Waals surface area (Å²) in [7, 11) is 1.99. The van der Waals surface area contributed by atoms with Crippen molar-refractivity contribution in [2.75, 3.05) is 39.8 Å². The number of hydrogen-bond acceptors (Lipinski definition) is 3. The first kappa shape index (κ1) is 17.2. The predicted octanol–water partition coefficient (Wildman–Crippen LogP) is 2.64. The molecule has 2 heterocycles. The van der Waals surface area contributed by atoms with Crippen molar-refractivity contribution in [2.45, 2.75) is 24.6 Å². The van der Waals surface area contributed by atoms with Crippen molar-refractivity contribution in [3.8, 4) is 0 Å². The molecule has 4 nitrogen and oxygen atoms in total. The van der Waals surface area contributed by atoms with Crippen LogP contribution in [0.1, 0.15) is 28.8 Å². The van der Waals surface area contributed by atoms with Crippen LogP contribution >= 0.6 is 0 Å². The summed E-state index contributed by atoms with van der Waals surface area (Å²) in [4.78, 5) is 16.4. The van der Waals surface area contributed by atoms with E-state index in [1.807, 2.05) is 7.05 Å². The van der Waals surface area contributed by atoms with Gasteiger partial charge in [-0.15, -0.1) is 0 Å². The summed E-state index contributed by atoms with van der Waals surface area (Å²) >= 11 is 0. The van der Waals surface area contributed by atoms with E-state index in [9.17, 15) is 18.0 Å². The second-order valence-electron chi connectivity index (χ2n) is 6.64. The Balaban J connectivity index is 1.83. The van der Waals surface area contributed by atoms with Crippen LogP contribution in [0.3, 0.4) is 0 Å². The van der Waals surface area contributed by atoms with Crippen LogP contribution in [0.15, 0.2) is 24.3 Å². The molecule has 0 radical (unpaired) electrons. The highest BCUT2D eigenvalue weighted by atomic mass is 19.4. The fraction of sp³-hybridized carbons (Fsp3) is 0.588. The standard InChI is InChI=1S/C17H21F3N2O2/c1-21-8-4-7-16(11-21)12-22(9-10-24-16)15(23)13-5-2-3-6-14(13)17(18,19)20/h2-3,5-6H,4,7-12H2,1H3/t16-/m1/s1. The van der Waals surface area contributed by atoms with Gasteiger partial charge in [0.25, 0.3) is 5.91 Å². The number of piperidine rings is 1. The second kappa shape index (κ2) is 6.37. The average Bonchev–Trinajstić information content (AvgIpc) is 2.53. The summed E-state index contributed by atoms with van der Waals surface area (Å²) < 4.78 is 45.5. The highest BCUT2D eigenvalue weighted by molar-refractivity contribution is 5.96. The van der Waals surface area contributed by atoms with E-state index in [-0.39, 0.29) is 5.56 Å². The molecule has 1 aromatic rings. The van der Waals surface area contributed by atoms with Crippen molar-refractivity contribution in [1.29, 1.82) is 0 Å². The minimum Gasteiger partial charge on any atom is -0.370 e. The molecule has 1 spiro atoms. The molecular formula is C17H21F3N2O2. The summed E-state index contributed by atoms with van der Waals surface area (Å²) in [5.41, 5.74) is -1.63. The van der Waals surface area contributed by atoms with Crippen LogP contribution in [-0.4, -0.2) is 61.1 Å². The predicted molar refractivity (Wildman–Crippen MR) is 82.8 cm³/mol. The largest absolute Gasteiger partial charge is 0.417 e. The maximum atomic E-state index is 13.2. The van der Waals surface area contributed by atoms with Crippen LogP contribution in [0.2, 0.25) is 0 Å². The van der Waals surface area contributed by atoms with E-state index in [4.69, 9.17) is 4.74 Å². The van der Waals surface area contributed by atoms with Crippen molar-refractivity contribution >= 4 is 5.91 Å². The number of carbonyl (C=O) groups excluding carboxylic acids is 1. The molecule has 0 saturated carbocycles. The third kappa shape index (κ3) is 3.42. The lowest BCUT2D eigenvalue weighted by Gasteiger charge is -2.47. The molecule has 2 aliphatic heterocycles. The number of carbonyl (C=O) groups is 1. The molecule has 3 rings (SSSR count). The van der Waals surface area contributed by atoms with E-state index in [0.29, 0.717) is 26.2 Å². The first-order valence-electron chi connectivity index (χ1n) is 8.09. The van der Waals surface area contributed by atoms with E-state index >= 15 is 0 Å². The molecule has 1 atom stereocenters. The quantitative estimate of drug-likeness (QED) is 0.787. The second-order valence-corrected chi connectivity index (χ2v) is 6.64. The summed E-state index contributed by atoms with van der Waals surface area (Å²) in [6.07, 6.45) is -2.76. The van der Waals surface area contributed by atoms with E-state index in [0.717, 1.165) is 25.5 Å². The van der Waals surface area contributed by atoms with Crippen LogP contribution in [-0.2, 0) is 10.9 Å². The normalized spacial score (nSPS) is 25.9. The number of likely N-dealkylation sites (tertiary alicyclic amines) is 1. The fourth-order valence-corrected chi connectivity index (χ4v) is 3.67. The van der Waals surface area contributed by atoms with Gasteiger partial charge < -0.3 is 14.5 Å². The first-order chi connectivity index (χ1) is 11.3. The van der Waals surface area contributed by atoms with Crippen LogP contribution in [0.25, 0.3) is 0 Å².